The summed E-state index contributed by atoms with van der Waals surface area (Å²) in [4.78, 5) is 0. The Balaban J connectivity index is 1.68. The lowest BCUT2D eigenvalue weighted by molar-refractivity contribution is 0.304. The van der Waals surface area contributed by atoms with E-state index in [-0.39, 0.29) is 0 Å². The molecule has 1 heterocycles. The van der Waals surface area contributed by atoms with Gasteiger partial charge >= 0.3 is 0 Å². The molecule has 144 valence electrons. The molecule has 0 saturated carbocycles. The van der Waals surface area contributed by atoms with Crippen molar-refractivity contribution in [1.82, 2.24) is 10.2 Å². The molecule has 0 fully saturated rings. The van der Waals surface area contributed by atoms with Gasteiger partial charge in [0, 0.05) is 12.0 Å². The van der Waals surface area contributed by atoms with E-state index in [1.165, 1.54) is 57.8 Å². The smallest absolute Gasteiger partial charge is 0.147 e. The van der Waals surface area contributed by atoms with Crippen molar-refractivity contribution in [1.29, 1.82) is 0 Å². The fourth-order valence-electron chi connectivity index (χ4n) is 2.94. The van der Waals surface area contributed by atoms with Crippen LogP contribution in [0.2, 0.25) is 0 Å². The van der Waals surface area contributed by atoms with Crippen molar-refractivity contribution in [2.45, 2.75) is 84.5 Å². The van der Waals surface area contributed by atoms with E-state index >= 15 is 0 Å². The Labute approximate surface area is 163 Å². The molecule has 0 saturated heterocycles. The molecule has 0 aliphatic rings. The summed E-state index contributed by atoms with van der Waals surface area (Å²) in [6.07, 6.45) is 13.9. The predicted molar refractivity (Wildman–Crippen MR) is 112 cm³/mol. The highest BCUT2D eigenvalue weighted by Crippen LogP contribution is 2.26. The molecule has 0 bridgehead atoms. The molecule has 2 rings (SSSR count). The summed E-state index contributed by atoms with van der Waals surface area (Å²) in [6.45, 7) is 5.30. The molecular formula is C22H34N2OS. The summed E-state index contributed by atoms with van der Waals surface area (Å²) in [6, 6.07) is 8.29. The standard InChI is InChI=1S/C22H34N2OS/c1-3-5-7-8-9-10-12-18-25-20-16-14-19(15-17-20)22-24-23-21(26-22)13-11-6-4-2/h14-17H,3-13,18H2,1-2H3. The maximum atomic E-state index is 5.86. The zero-order chi connectivity index (χ0) is 18.5. The van der Waals surface area contributed by atoms with Gasteiger partial charge in [0.25, 0.3) is 0 Å². The van der Waals surface area contributed by atoms with Gasteiger partial charge in [-0.3, -0.25) is 0 Å². The minimum absolute atomic E-state index is 0.813. The molecule has 3 nitrogen and oxygen atoms in total. The van der Waals surface area contributed by atoms with Crippen LogP contribution in [0.15, 0.2) is 24.3 Å². The van der Waals surface area contributed by atoms with E-state index < -0.39 is 0 Å². The first-order valence-corrected chi connectivity index (χ1v) is 11.2. The summed E-state index contributed by atoms with van der Waals surface area (Å²) in [5.41, 5.74) is 1.13. The SMILES string of the molecule is CCCCCCCCCOc1ccc(-c2nnc(CCCCC)s2)cc1. The number of nitrogens with zero attached hydrogens (tertiary/aromatic N) is 2. The molecule has 1 aromatic carbocycles. The Hall–Kier alpha value is -1.42. The van der Waals surface area contributed by atoms with Crippen molar-refractivity contribution >= 4 is 11.3 Å². The van der Waals surface area contributed by atoms with Gasteiger partial charge in [-0.2, -0.15) is 0 Å². The zero-order valence-corrected chi connectivity index (χ0v) is 17.3. The van der Waals surface area contributed by atoms with E-state index in [4.69, 9.17) is 4.74 Å². The van der Waals surface area contributed by atoms with Crippen molar-refractivity contribution in [2.75, 3.05) is 6.61 Å². The van der Waals surface area contributed by atoms with Crippen LogP contribution < -0.4 is 4.74 Å². The Morgan fingerprint density at radius 1 is 0.769 bits per heavy atom. The fourth-order valence-corrected chi connectivity index (χ4v) is 3.83. The van der Waals surface area contributed by atoms with Gasteiger partial charge in [0.2, 0.25) is 0 Å². The van der Waals surface area contributed by atoms with Crippen molar-refractivity contribution < 1.29 is 4.74 Å². The second-order valence-corrected chi connectivity index (χ2v) is 8.01. The molecule has 2 aromatic rings. The Morgan fingerprint density at radius 3 is 2.15 bits per heavy atom. The summed E-state index contributed by atoms with van der Waals surface area (Å²) in [5, 5.41) is 10.8. The van der Waals surface area contributed by atoms with Crippen LogP contribution in [0, 0.1) is 0 Å². The quantitative estimate of drug-likeness (QED) is 0.332. The monoisotopic (exact) mass is 374 g/mol. The number of aryl methyl sites for hydroxylation is 1. The predicted octanol–water partition coefficient (Wildman–Crippen LogP) is 7.07. The first kappa shape index (κ1) is 20.9. The molecule has 0 radical (unpaired) electrons. The van der Waals surface area contributed by atoms with Crippen molar-refractivity contribution in [3.05, 3.63) is 29.3 Å². The largest absolute Gasteiger partial charge is 0.494 e. The lowest BCUT2D eigenvalue weighted by Gasteiger charge is -2.06. The van der Waals surface area contributed by atoms with Gasteiger partial charge in [-0.05, 0) is 37.1 Å². The van der Waals surface area contributed by atoms with E-state index in [2.05, 4.69) is 48.3 Å². The summed E-state index contributed by atoms with van der Waals surface area (Å²) in [7, 11) is 0. The Bertz CT molecular complexity index is 594. The van der Waals surface area contributed by atoms with Gasteiger partial charge in [0.05, 0.1) is 6.61 Å². The molecule has 0 N–H and O–H groups in total. The van der Waals surface area contributed by atoms with Crippen LogP contribution in [0.3, 0.4) is 0 Å². The molecule has 0 atom stereocenters. The zero-order valence-electron chi connectivity index (χ0n) is 16.5. The van der Waals surface area contributed by atoms with Crippen molar-refractivity contribution in [2.24, 2.45) is 0 Å². The molecule has 26 heavy (non-hydrogen) atoms. The molecule has 4 heteroatoms. The summed E-state index contributed by atoms with van der Waals surface area (Å²) < 4.78 is 5.86. The molecule has 0 aliphatic heterocycles. The molecule has 0 spiro atoms. The number of aromatic nitrogens is 2. The molecule has 0 aliphatic carbocycles. The number of benzene rings is 1. The fraction of sp³-hybridized carbons (Fsp3) is 0.636. The highest BCUT2D eigenvalue weighted by atomic mass is 32.1. The maximum absolute atomic E-state index is 5.86. The number of hydrogen-bond acceptors (Lipinski definition) is 4. The van der Waals surface area contributed by atoms with E-state index in [9.17, 15) is 0 Å². The highest BCUT2D eigenvalue weighted by Gasteiger charge is 2.07. The van der Waals surface area contributed by atoms with Crippen LogP contribution in [-0.2, 0) is 6.42 Å². The van der Waals surface area contributed by atoms with Crippen LogP contribution in [0.5, 0.6) is 5.75 Å². The minimum atomic E-state index is 0.813. The summed E-state index contributed by atoms with van der Waals surface area (Å²) in [5.74, 6) is 0.951. The van der Waals surface area contributed by atoms with Crippen LogP contribution in [0.25, 0.3) is 10.6 Å². The minimum Gasteiger partial charge on any atom is -0.494 e. The lowest BCUT2D eigenvalue weighted by atomic mass is 10.1. The van der Waals surface area contributed by atoms with E-state index in [1.54, 1.807) is 11.3 Å². The van der Waals surface area contributed by atoms with Gasteiger partial charge in [0.15, 0.2) is 0 Å². The third-order valence-electron chi connectivity index (χ3n) is 4.58. The van der Waals surface area contributed by atoms with Gasteiger partial charge in [-0.1, -0.05) is 76.6 Å². The Kier molecular flexibility index (Phi) is 10.3. The van der Waals surface area contributed by atoms with E-state index in [1.807, 2.05) is 0 Å². The third kappa shape index (κ3) is 7.86. The number of ether oxygens (including phenoxy) is 1. The third-order valence-corrected chi connectivity index (χ3v) is 5.61. The number of unbranched alkanes of at least 4 members (excludes halogenated alkanes) is 8. The Morgan fingerprint density at radius 2 is 1.42 bits per heavy atom. The van der Waals surface area contributed by atoms with Crippen molar-refractivity contribution in [3.63, 3.8) is 0 Å². The summed E-state index contributed by atoms with van der Waals surface area (Å²) >= 11 is 1.71. The van der Waals surface area contributed by atoms with Gasteiger partial charge in [-0.15, -0.1) is 10.2 Å². The maximum Gasteiger partial charge on any atom is 0.147 e. The van der Waals surface area contributed by atoms with Crippen molar-refractivity contribution in [3.8, 4) is 16.3 Å². The second-order valence-electron chi connectivity index (χ2n) is 6.95. The molecule has 1 aromatic heterocycles. The molecule has 0 amide bonds. The number of rotatable bonds is 14. The lowest BCUT2D eigenvalue weighted by Crippen LogP contribution is -1.97. The van der Waals surface area contributed by atoms with Gasteiger partial charge in [0.1, 0.15) is 15.8 Å². The topological polar surface area (TPSA) is 35.0 Å². The first-order valence-electron chi connectivity index (χ1n) is 10.4. The number of hydrogen-bond donors (Lipinski definition) is 0. The van der Waals surface area contributed by atoms with E-state index in [0.717, 1.165) is 40.8 Å². The average molecular weight is 375 g/mol. The average Bonchev–Trinajstić information content (AvgIpc) is 3.13. The second kappa shape index (κ2) is 12.9. The molecule has 0 unspecified atom stereocenters. The van der Waals surface area contributed by atoms with Crippen LogP contribution in [-0.4, -0.2) is 16.8 Å². The first-order chi connectivity index (χ1) is 12.8. The van der Waals surface area contributed by atoms with Gasteiger partial charge < -0.3 is 4.74 Å². The normalized spacial score (nSPS) is 11.0. The highest BCUT2D eigenvalue weighted by molar-refractivity contribution is 7.14. The van der Waals surface area contributed by atoms with Crippen LogP contribution in [0.1, 0.15) is 83.1 Å². The van der Waals surface area contributed by atoms with Gasteiger partial charge in [-0.25, -0.2) is 0 Å². The van der Waals surface area contributed by atoms with E-state index in [0.29, 0.717) is 0 Å². The van der Waals surface area contributed by atoms with Crippen LogP contribution >= 0.6 is 11.3 Å². The van der Waals surface area contributed by atoms with Crippen LogP contribution in [0.4, 0.5) is 0 Å². The molecular weight excluding hydrogens is 340 g/mol.